The first kappa shape index (κ1) is 18.2. The minimum Gasteiger partial charge on any atom is -0.375 e. The van der Waals surface area contributed by atoms with Gasteiger partial charge in [0.1, 0.15) is 19.3 Å². The van der Waals surface area contributed by atoms with Gasteiger partial charge in [-0.2, -0.15) is 5.06 Å². The number of hydrogen-bond acceptors (Lipinski definition) is 5. The fourth-order valence-electron chi connectivity index (χ4n) is 3.17. The molecule has 26 heavy (non-hydrogen) atoms. The summed E-state index contributed by atoms with van der Waals surface area (Å²) in [7, 11) is 1.38. The molecule has 2 bridgehead atoms. The standard InChI is InChI=1S/C17H22N4O5/c1-25-11-15(22)18-19-16(23)14-8-7-13-9-20(14)17(24)21(13)26-10-12-5-3-2-4-6-12/h2-6,13-14H,7-11H2,1H3,(H,18,22)(H,19,23)/t13-,14+/m1/s1. The Morgan fingerprint density at radius 3 is 2.69 bits per heavy atom. The number of hydroxylamine groups is 2. The van der Waals surface area contributed by atoms with Crippen molar-refractivity contribution >= 4 is 17.8 Å². The van der Waals surface area contributed by atoms with Crippen molar-refractivity contribution in [3.63, 3.8) is 0 Å². The zero-order valence-electron chi connectivity index (χ0n) is 14.5. The number of urea groups is 1. The summed E-state index contributed by atoms with van der Waals surface area (Å²) < 4.78 is 4.67. The van der Waals surface area contributed by atoms with E-state index in [1.165, 1.54) is 17.1 Å². The van der Waals surface area contributed by atoms with E-state index in [2.05, 4.69) is 15.6 Å². The Balaban J connectivity index is 1.55. The fourth-order valence-corrected chi connectivity index (χ4v) is 3.17. The molecule has 2 fully saturated rings. The third-order valence-corrected chi connectivity index (χ3v) is 4.44. The number of methoxy groups -OCH3 is 1. The van der Waals surface area contributed by atoms with Crippen molar-refractivity contribution < 1.29 is 24.0 Å². The summed E-state index contributed by atoms with van der Waals surface area (Å²) in [5, 5.41) is 1.36. The molecule has 140 valence electrons. The highest BCUT2D eigenvalue weighted by molar-refractivity contribution is 5.90. The smallest absolute Gasteiger partial charge is 0.345 e. The number of ether oxygens (including phenoxy) is 1. The zero-order chi connectivity index (χ0) is 18.5. The third kappa shape index (κ3) is 3.94. The van der Waals surface area contributed by atoms with Crippen LogP contribution in [-0.4, -0.2) is 60.2 Å². The lowest BCUT2D eigenvalue weighted by molar-refractivity contribution is -0.140. The Hall–Kier alpha value is -2.65. The minimum atomic E-state index is -0.632. The Labute approximate surface area is 151 Å². The number of nitrogens with one attached hydrogen (secondary N) is 2. The highest BCUT2D eigenvalue weighted by Gasteiger charge is 2.47. The number of piperidine rings is 1. The molecule has 2 aliphatic heterocycles. The van der Waals surface area contributed by atoms with Crippen molar-refractivity contribution in [2.45, 2.75) is 31.5 Å². The first-order valence-corrected chi connectivity index (χ1v) is 8.44. The Morgan fingerprint density at radius 2 is 1.96 bits per heavy atom. The molecule has 0 unspecified atom stereocenters. The van der Waals surface area contributed by atoms with E-state index in [1.807, 2.05) is 30.3 Å². The Kier molecular flexibility index (Phi) is 5.69. The maximum Gasteiger partial charge on any atom is 0.345 e. The number of amides is 4. The van der Waals surface area contributed by atoms with Crippen LogP contribution in [-0.2, 0) is 25.8 Å². The molecule has 2 saturated heterocycles. The molecular formula is C17H22N4O5. The SMILES string of the molecule is COCC(=O)NNC(=O)[C@@H]1CC[C@@H]2CN1C(=O)N2OCc1ccccc1. The molecule has 0 saturated carbocycles. The van der Waals surface area contributed by atoms with E-state index < -0.39 is 17.9 Å². The van der Waals surface area contributed by atoms with E-state index in [1.54, 1.807) is 0 Å². The summed E-state index contributed by atoms with van der Waals surface area (Å²) >= 11 is 0. The van der Waals surface area contributed by atoms with Gasteiger partial charge in [0.15, 0.2) is 0 Å². The second kappa shape index (κ2) is 8.15. The molecule has 0 spiro atoms. The van der Waals surface area contributed by atoms with Gasteiger partial charge in [0.2, 0.25) is 0 Å². The van der Waals surface area contributed by atoms with Crippen LogP contribution in [0.4, 0.5) is 4.79 Å². The van der Waals surface area contributed by atoms with Gasteiger partial charge in [0, 0.05) is 13.7 Å². The van der Waals surface area contributed by atoms with Crippen LogP contribution in [0.1, 0.15) is 18.4 Å². The maximum absolute atomic E-state index is 12.6. The number of carbonyl (C=O) groups is 3. The van der Waals surface area contributed by atoms with Crippen LogP contribution in [0.15, 0.2) is 30.3 Å². The zero-order valence-corrected chi connectivity index (χ0v) is 14.5. The van der Waals surface area contributed by atoms with Crippen LogP contribution < -0.4 is 10.9 Å². The molecule has 0 aromatic heterocycles. The van der Waals surface area contributed by atoms with Crippen LogP contribution >= 0.6 is 0 Å². The minimum absolute atomic E-state index is 0.0710. The summed E-state index contributed by atoms with van der Waals surface area (Å²) in [5.41, 5.74) is 5.57. The molecule has 0 aliphatic carbocycles. The molecule has 1 aromatic carbocycles. The van der Waals surface area contributed by atoms with Crippen molar-refractivity contribution in [2.24, 2.45) is 0 Å². The van der Waals surface area contributed by atoms with Gasteiger partial charge in [-0.1, -0.05) is 30.3 Å². The number of hydrogen-bond donors (Lipinski definition) is 2. The highest BCUT2D eigenvalue weighted by Crippen LogP contribution is 2.30. The van der Waals surface area contributed by atoms with Crippen LogP contribution in [0.2, 0.25) is 0 Å². The lowest BCUT2D eigenvalue weighted by atomic mass is 10.0. The van der Waals surface area contributed by atoms with Crippen LogP contribution in [0, 0.1) is 0 Å². The van der Waals surface area contributed by atoms with E-state index in [0.29, 0.717) is 26.0 Å². The molecule has 3 rings (SSSR count). The molecular weight excluding hydrogens is 340 g/mol. The van der Waals surface area contributed by atoms with Crippen LogP contribution in [0.3, 0.4) is 0 Å². The predicted molar refractivity (Wildman–Crippen MR) is 90.1 cm³/mol. The molecule has 2 heterocycles. The van der Waals surface area contributed by atoms with Gasteiger partial charge in [-0.15, -0.1) is 0 Å². The van der Waals surface area contributed by atoms with Crippen LogP contribution in [0.25, 0.3) is 0 Å². The number of carbonyl (C=O) groups excluding carboxylic acids is 3. The van der Waals surface area contributed by atoms with Gasteiger partial charge in [-0.3, -0.25) is 25.3 Å². The van der Waals surface area contributed by atoms with Crippen molar-refractivity contribution in [1.82, 2.24) is 20.8 Å². The lowest BCUT2D eigenvalue weighted by Crippen LogP contribution is -2.54. The van der Waals surface area contributed by atoms with Crippen molar-refractivity contribution in [3.05, 3.63) is 35.9 Å². The average Bonchev–Trinajstić information content (AvgIpc) is 2.89. The summed E-state index contributed by atoms with van der Waals surface area (Å²) in [6.07, 6.45) is 1.16. The number of rotatable bonds is 6. The van der Waals surface area contributed by atoms with E-state index >= 15 is 0 Å². The molecule has 4 amide bonds. The first-order chi connectivity index (χ1) is 12.6. The van der Waals surface area contributed by atoms with Crippen LogP contribution in [0.5, 0.6) is 0 Å². The summed E-state index contributed by atoms with van der Waals surface area (Å²) in [4.78, 5) is 43.5. The molecule has 0 radical (unpaired) electrons. The number of benzene rings is 1. The van der Waals surface area contributed by atoms with E-state index in [4.69, 9.17) is 4.84 Å². The monoisotopic (exact) mass is 362 g/mol. The van der Waals surface area contributed by atoms with E-state index in [-0.39, 0.29) is 18.7 Å². The van der Waals surface area contributed by atoms with Crippen molar-refractivity contribution in [2.75, 3.05) is 20.3 Å². The second-order valence-corrected chi connectivity index (χ2v) is 6.24. The predicted octanol–water partition coefficient (Wildman–Crippen LogP) is 0.181. The maximum atomic E-state index is 12.6. The largest absolute Gasteiger partial charge is 0.375 e. The summed E-state index contributed by atoms with van der Waals surface area (Å²) in [6.45, 7) is 0.565. The Morgan fingerprint density at radius 1 is 1.19 bits per heavy atom. The van der Waals surface area contributed by atoms with Gasteiger partial charge in [-0.05, 0) is 18.4 Å². The summed E-state index contributed by atoms with van der Waals surface area (Å²) in [5.74, 6) is -0.888. The molecule has 2 atom stereocenters. The number of hydrazine groups is 1. The molecule has 9 nitrogen and oxygen atoms in total. The first-order valence-electron chi connectivity index (χ1n) is 8.44. The van der Waals surface area contributed by atoms with Crippen molar-refractivity contribution in [3.8, 4) is 0 Å². The lowest BCUT2D eigenvalue weighted by Gasteiger charge is -2.29. The molecule has 1 aromatic rings. The number of fused-ring (bicyclic) bond motifs is 2. The van der Waals surface area contributed by atoms with E-state index in [9.17, 15) is 14.4 Å². The van der Waals surface area contributed by atoms with Gasteiger partial charge in [-0.25, -0.2) is 4.79 Å². The second-order valence-electron chi connectivity index (χ2n) is 6.24. The molecule has 9 heteroatoms. The molecule has 2 N–H and O–H groups in total. The third-order valence-electron chi connectivity index (χ3n) is 4.44. The summed E-state index contributed by atoms with van der Waals surface area (Å²) in [6, 6.07) is 8.54. The topological polar surface area (TPSA) is 100 Å². The Bertz CT molecular complexity index is 668. The molecule has 2 aliphatic rings. The number of nitrogens with zero attached hydrogens (tertiary/aromatic N) is 2. The quantitative estimate of drug-likeness (QED) is 0.703. The fraction of sp³-hybridized carbons (Fsp3) is 0.471. The highest BCUT2D eigenvalue weighted by atomic mass is 16.7. The average molecular weight is 362 g/mol. The van der Waals surface area contributed by atoms with Gasteiger partial charge < -0.3 is 9.64 Å². The van der Waals surface area contributed by atoms with Gasteiger partial charge in [0.05, 0.1) is 6.04 Å². The normalized spacial score (nSPS) is 21.7. The van der Waals surface area contributed by atoms with Crippen molar-refractivity contribution in [1.29, 1.82) is 0 Å². The van der Waals surface area contributed by atoms with E-state index in [0.717, 1.165) is 5.56 Å². The van der Waals surface area contributed by atoms with Gasteiger partial charge in [0.25, 0.3) is 11.8 Å². The van der Waals surface area contributed by atoms with Gasteiger partial charge >= 0.3 is 6.03 Å².